The first kappa shape index (κ1) is 16.7. The van der Waals surface area contributed by atoms with Gasteiger partial charge in [0.25, 0.3) is 5.56 Å². The number of hydrogen-bond acceptors (Lipinski definition) is 5. The Balaban J connectivity index is 2.11. The Kier molecular flexibility index (Phi) is 4.04. The van der Waals surface area contributed by atoms with E-state index in [9.17, 15) is 9.59 Å². The molecule has 0 aliphatic heterocycles. The maximum Gasteiger partial charge on any atom is 0.263 e. The van der Waals surface area contributed by atoms with Crippen molar-refractivity contribution in [2.75, 3.05) is 5.43 Å². The van der Waals surface area contributed by atoms with E-state index in [1.807, 2.05) is 54.6 Å². The summed E-state index contributed by atoms with van der Waals surface area (Å²) < 4.78 is 1.37. The molecule has 134 valence electrons. The van der Waals surface area contributed by atoms with Gasteiger partial charge in [0.05, 0.1) is 16.6 Å². The number of hydrogen-bond donors (Lipinski definition) is 2. The zero-order valence-corrected chi connectivity index (χ0v) is 14.9. The van der Waals surface area contributed by atoms with Crippen LogP contribution in [0.15, 0.2) is 59.4 Å². The van der Waals surface area contributed by atoms with Gasteiger partial charge in [-0.25, -0.2) is 9.97 Å². The number of aromatic nitrogens is 3. The fourth-order valence-corrected chi connectivity index (χ4v) is 3.03. The largest absolute Gasteiger partial charge is 0.280 e. The number of para-hydroxylation sites is 1. The summed E-state index contributed by atoms with van der Waals surface area (Å²) in [5.41, 5.74) is 7.63. The van der Waals surface area contributed by atoms with E-state index in [0.717, 1.165) is 16.5 Å². The molecule has 2 aromatic carbocycles. The van der Waals surface area contributed by atoms with Crippen LogP contribution in [0.3, 0.4) is 0 Å². The third-order valence-electron chi connectivity index (χ3n) is 4.32. The lowest BCUT2D eigenvalue weighted by atomic mass is 10.0. The molecule has 1 amide bonds. The maximum atomic E-state index is 13.1. The van der Waals surface area contributed by atoms with Crippen molar-refractivity contribution in [1.82, 2.24) is 20.0 Å². The second kappa shape index (κ2) is 6.53. The molecule has 0 unspecified atom stereocenters. The quantitative estimate of drug-likeness (QED) is 0.434. The van der Waals surface area contributed by atoms with E-state index in [1.165, 1.54) is 11.5 Å². The van der Waals surface area contributed by atoms with Crippen molar-refractivity contribution in [2.24, 2.45) is 7.05 Å². The summed E-state index contributed by atoms with van der Waals surface area (Å²) >= 11 is 0. The van der Waals surface area contributed by atoms with Gasteiger partial charge in [-0.2, -0.15) is 0 Å². The molecule has 0 saturated heterocycles. The molecule has 7 nitrogen and oxygen atoms in total. The molecule has 0 bridgehead atoms. The molecule has 0 aliphatic carbocycles. The molecule has 2 heterocycles. The first-order chi connectivity index (χ1) is 13.1. The number of benzene rings is 2. The second-order valence-electron chi connectivity index (χ2n) is 6.17. The molecule has 7 heteroatoms. The Bertz CT molecular complexity index is 1230. The summed E-state index contributed by atoms with van der Waals surface area (Å²) in [6.07, 6.45) is 0. The van der Waals surface area contributed by atoms with Gasteiger partial charge in [0.2, 0.25) is 11.9 Å². The number of nitrogens with one attached hydrogen (secondary N) is 2. The Morgan fingerprint density at radius 1 is 1.00 bits per heavy atom. The Morgan fingerprint density at radius 3 is 2.44 bits per heavy atom. The van der Waals surface area contributed by atoms with Gasteiger partial charge >= 0.3 is 0 Å². The number of carbonyl (C=O) groups excluding carboxylic acids is 1. The summed E-state index contributed by atoms with van der Waals surface area (Å²) in [6.45, 7) is 1.37. The number of carbonyl (C=O) groups is 1. The highest BCUT2D eigenvalue weighted by Gasteiger charge is 2.17. The van der Waals surface area contributed by atoms with Crippen molar-refractivity contribution in [2.45, 2.75) is 6.92 Å². The maximum absolute atomic E-state index is 13.1. The van der Waals surface area contributed by atoms with Gasteiger partial charge in [-0.15, -0.1) is 0 Å². The van der Waals surface area contributed by atoms with Gasteiger partial charge in [-0.3, -0.25) is 25.0 Å². The van der Waals surface area contributed by atoms with Gasteiger partial charge in [-0.1, -0.05) is 48.5 Å². The molecule has 0 radical (unpaired) electrons. The van der Waals surface area contributed by atoms with Crippen molar-refractivity contribution in [1.29, 1.82) is 0 Å². The summed E-state index contributed by atoms with van der Waals surface area (Å²) in [7, 11) is 1.61. The van der Waals surface area contributed by atoms with Crippen LogP contribution in [0.4, 0.5) is 5.95 Å². The number of rotatable bonds is 3. The fraction of sp³-hybridized carbons (Fsp3) is 0.100. The van der Waals surface area contributed by atoms with E-state index >= 15 is 0 Å². The molecule has 27 heavy (non-hydrogen) atoms. The molecule has 0 aliphatic rings. The lowest BCUT2D eigenvalue weighted by Gasteiger charge is -2.14. The third kappa shape index (κ3) is 2.89. The molecular formula is C20H17N5O2. The van der Waals surface area contributed by atoms with Crippen LogP contribution in [0.25, 0.3) is 33.1 Å². The zero-order chi connectivity index (χ0) is 19.0. The average molecular weight is 359 g/mol. The molecule has 0 fully saturated rings. The number of nitrogens with zero attached hydrogens (tertiary/aromatic N) is 3. The predicted octanol–water partition coefficient (Wildman–Crippen LogP) is 2.61. The topological polar surface area (TPSA) is 88.9 Å². The minimum absolute atomic E-state index is 0.219. The summed E-state index contributed by atoms with van der Waals surface area (Å²) in [4.78, 5) is 33.7. The highest BCUT2D eigenvalue weighted by atomic mass is 16.2. The van der Waals surface area contributed by atoms with E-state index in [4.69, 9.17) is 4.98 Å². The van der Waals surface area contributed by atoms with Gasteiger partial charge in [0, 0.05) is 24.9 Å². The van der Waals surface area contributed by atoms with Crippen molar-refractivity contribution in [3.8, 4) is 11.3 Å². The smallest absolute Gasteiger partial charge is 0.263 e. The number of fused-ring (bicyclic) bond motifs is 3. The van der Waals surface area contributed by atoms with Crippen LogP contribution in [0.1, 0.15) is 6.92 Å². The normalized spacial score (nSPS) is 10.9. The molecule has 2 aromatic heterocycles. The molecule has 4 aromatic rings. The zero-order valence-electron chi connectivity index (χ0n) is 14.9. The first-order valence-corrected chi connectivity index (χ1v) is 8.44. The van der Waals surface area contributed by atoms with Crippen LogP contribution < -0.4 is 16.4 Å². The van der Waals surface area contributed by atoms with E-state index in [1.54, 1.807) is 7.05 Å². The van der Waals surface area contributed by atoms with Crippen LogP contribution in [0.2, 0.25) is 0 Å². The minimum atomic E-state index is -0.288. The third-order valence-corrected chi connectivity index (χ3v) is 4.32. The van der Waals surface area contributed by atoms with Crippen molar-refractivity contribution in [3.05, 3.63) is 65.0 Å². The lowest BCUT2D eigenvalue weighted by molar-refractivity contribution is -0.118. The summed E-state index contributed by atoms with van der Waals surface area (Å²) in [5, 5.41) is 1.24. The van der Waals surface area contributed by atoms with E-state index < -0.39 is 0 Å². The Labute approximate surface area is 154 Å². The predicted molar refractivity (Wildman–Crippen MR) is 105 cm³/mol. The second-order valence-corrected chi connectivity index (χ2v) is 6.17. The first-order valence-electron chi connectivity index (χ1n) is 8.44. The number of anilines is 1. The van der Waals surface area contributed by atoms with Crippen LogP contribution in [0.5, 0.6) is 0 Å². The van der Waals surface area contributed by atoms with Crippen molar-refractivity contribution in [3.63, 3.8) is 0 Å². The highest BCUT2D eigenvalue weighted by molar-refractivity contribution is 6.09. The Hall–Kier alpha value is -3.74. The molecule has 2 N–H and O–H groups in total. The van der Waals surface area contributed by atoms with Crippen LogP contribution in [-0.4, -0.2) is 20.4 Å². The van der Waals surface area contributed by atoms with E-state index in [-0.39, 0.29) is 17.4 Å². The molecule has 0 spiro atoms. The summed E-state index contributed by atoms with van der Waals surface area (Å²) in [5.74, 6) is -0.0544. The van der Waals surface area contributed by atoms with Crippen molar-refractivity contribution < 1.29 is 4.79 Å². The van der Waals surface area contributed by atoms with Gasteiger partial charge < -0.3 is 0 Å². The monoisotopic (exact) mass is 359 g/mol. The number of amides is 1. The van der Waals surface area contributed by atoms with E-state index in [0.29, 0.717) is 16.6 Å². The van der Waals surface area contributed by atoms with Gasteiger partial charge in [-0.05, 0) is 6.07 Å². The van der Waals surface area contributed by atoms with E-state index in [2.05, 4.69) is 15.8 Å². The van der Waals surface area contributed by atoms with Crippen LogP contribution in [0, 0.1) is 0 Å². The van der Waals surface area contributed by atoms with Gasteiger partial charge in [0.1, 0.15) is 5.52 Å². The number of hydrazine groups is 1. The Morgan fingerprint density at radius 2 is 1.70 bits per heavy atom. The molecule has 0 atom stereocenters. The average Bonchev–Trinajstić information content (AvgIpc) is 2.69. The highest BCUT2D eigenvalue weighted by Crippen LogP contribution is 2.29. The molecule has 0 saturated carbocycles. The summed E-state index contributed by atoms with van der Waals surface area (Å²) in [6, 6.07) is 17.1. The standard InChI is InChI=1S/C20H17N5O2/c1-12(26)23-24-20-22-18-16(19(27)25(20)2)14-10-6-7-11-15(14)21-17(18)13-8-4-3-5-9-13/h3-11H,1-2H3,(H,22,24)(H,23,26). The van der Waals surface area contributed by atoms with Crippen molar-refractivity contribution >= 4 is 33.7 Å². The molecule has 4 rings (SSSR count). The SMILES string of the molecule is CC(=O)NNc1nc2c(-c3ccccc3)nc3ccccc3c2c(=O)n1C. The minimum Gasteiger partial charge on any atom is -0.280 e. The lowest BCUT2D eigenvalue weighted by Crippen LogP contribution is -2.32. The fourth-order valence-electron chi connectivity index (χ4n) is 3.03. The number of pyridine rings is 1. The van der Waals surface area contributed by atoms with Gasteiger partial charge in [0.15, 0.2) is 0 Å². The van der Waals surface area contributed by atoms with Crippen LogP contribution >= 0.6 is 0 Å². The molecular weight excluding hydrogens is 342 g/mol. The van der Waals surface area contributed by atoms with Crippen LogP contribution in [-0.2, 0) is 11.8 Å².